The lowest BCUT2D eigenvalue weighted by Gasteiger charge is -2.34. The van der Waals surface area contributed by atoms with E-state index in [1.807, 2.05) is 60.4 Å². The Labute approximate surface area is 220 Å². The lowest BCUT2D eigenvalue weighted by Crippen LogP contribution is -2.50. The van der Waals surface area contributed by atoms with Gasteiger partial charge in [0.05, 0.1) is 24.1 Å². The zero-order valence-corrected chi connectivity index (χ0v) is 22.1. The summed E-state index contributed by atoms with van der Waals surface area (Å²) in [6, 6.07) is 20.1. The van der Waals surface area contributed by atoms with E-state index >= 15 is 0 Å². The molecule has 0 N–H and O–H groups in total. The Morgan fingerprint density at radius 3 is 2.30 bits per heavy atom. The minimum absolute atomic E-state index is 0.000582. The predicted octanol–water partition coefficient (Wildman–Crippen LogP) is 4.95. The molecule has 0 saturated carbocycles. The van der Waals surface area contributed by atoms with E-state index in [1.165, 1.54) is 0 Å². The van der Waals surface area contributed by atoms with E-state index in [4.69, 9.17) is 9.72 Å². The van der Waals surface area contributed by atoms with Crippen molar-refractivity contribution in [3.05, 3.63) is 82.9 Å². The van der Waals surface area contributed by atoms with Crippen LogP contribution in [0.3, 0.4) is 0 Å². The molecule has 2 aromatic carbocycles. The summed E-state index contributed by atoms with van der Waals surface area (Å²) in [5.41, 5.74) is 5.54. The molecule has 2 amide bonds. The van der Waals surface area contributed by atoms with E-state index in [0.29, 0.717) is 38.3 Å². The number of hydrogen-bond donors (Lipinski definition) is 0. The molecule has 3 heterocycles. The normalized spacial score (nSPS) is 13.6. The number of hydrogen-bond acceptors (Lipinski definition) is 5. The van der Waals surface area contributed by atoms with Gasteiger partial charge in [-0.25, -0.2) is 4.98 Å². The number of benzene rings is 2. The molecule has 0 bridgehead atoms. The maximum absolute atomic E-state index is 13.6. The minimum Gasteiger partial charge on any atom is -0.497 e. The summed E-state index contributed by atoms with van der Waals surface area (Å²) in [5.74, 6) is 0.857. The van der Waals surface area contributed by atoms with Crippen LogP contribution in [0.4, 0.5) is 0 Å². The smallest absolute Gasteiger partial charge is 0.255 e. The van der Waals surface area contributed by atoms with Crippen LogP contribution in [0.15, 0.2) is 66.0 Å². The van der Waals surface area contributed by atoms with Crippen LogP contribution in [0.5, 0.6) is 5.75 Å². The lowest BCUT2D eigenvalue weighted by atomic mass is 10.2. The van der Waals surface area contributed by atoms with E-state index in [9.17, 15) is 9.59 Å². The van der Waals surface area contributed by atoms with Crippen LogP contribution in [-0.4, -0.2) is 64.5 Å². The second-order valence-corrected chi connectivity index (χ2v) is 10.0. The average Bonchev–Trinajstić information content (AvgIpc) is 3.54. The maximum atomic E-state index is 13.6. The quantitative estimate of drug-likeness (QED) is 0.365. The molecule has 37 heavy (non-hydrogen) atoms. The van der Waals surface area contributed by atoms with E-state index in [2.05, 4.69) is 22.1 Å². The Morgan fingerprint density at radius 2 is 1.65 bits per heavy atom. The van der Waals surface area contributed by atoms with Crippen LogP contribution >= 0.6 is 11.3 Å². The fourth-order valence-electron chi connectivity index (χ4n) is 4.70. The van der Waals surface area contributed by atoms with E-state index in [1.54, 1.807) is 30.3 Å². The van der Waals surface area contributed by atoms with Crippen molar-refractivity contribution < 1.29 is 14.3 Å². The van der Waals surface area contributed by atoms with E-state index < -0.39 is 0 Å². The highest BCUT2D eigenvalue weighted by Crippen LogP contribution is 2.33. The van der Waals surface area contributed by atoms with E-state index in [0.717, 1.165) is 39.0 Å². The molecular weight excluding hydrogens is 484 g/mol. The van der Waals surface area contributed by atoms with Gasteiger partial charge in [-0.3, -0.25) is 9.59 Å². The molecule has 5 rings (SSSR count). The third-order valence-electron chi connectivity index (χ3n) is 6.90. The second kappa shape index (κ2) is 10.6. The van der Waals surface area contributed by atoms with Crippen molar-refractivity contribution in [2.45, 2.75) is 20.4 Å². The van der Waals surface area contributed by atoms with Gasteiger partial charge >= 0.3 is 0 Å². The topological polar surface area (TPSA) is 67.7 Å². The molecule has 1 aliphatic heterocycles. The number of amides is 2. The van der Waals surface area contributed by atoms with Crippen molar-refractivity contribution >= 4 is 23.2 Å². The third kappa shape index (κ3) is 5.15. The average molecular weight is 515 g/mol. The fraction of sp³-hybridized carbons (Fsp3) is 0.276. The molecule has 4 aromatic rings. The number of ether oxygens (including phenoxy) is 1. The standard InChI is InChI=1S/C29H30N4O3S/c1-20-25(29(35)32-15-13-31(14-16-32)21(2)34)17-27(33(20)18-22-7-5-4-6-8-22)26-19-37-28(30-26)23-9-11-24(36-3)12-10-23/h4-12,17,19H,13-16,18H2,1-3H3. The van der Waals surface area contributed by atoms with Gasteiger partial charge in [0.2, 0.25) is 5.91 Å². The van der Waals surface area contributed by atoms with Crippen molar-refractivity contribution in [3.8, 4) is 27.7 Å². The SMILES string of the molecule is COc1ccc(-c2nc(-c3cc(C(=O)N4CCN(C(C)=O)CC4)c(C)n3Cc3ccccc3)cs2)cc1. The Morgan fingerprint density at radius 1 is 0.973 bits per heavy atom. The van der Waals surface area contributed by atoms with Gasteiger partial charge in [0, 0.05) is 56.3 Å². The number of methoxy groups -OCH3 is 1. The van der Waals surface area contributed by atoms with Crippen LogP contribution in [-0.2, 0) is 11.3 Å². The summed E-state index contributed by atoms with van der Waals surface area (Å²) in [5, 5.41) is 2.96. The summed E-state index contributed by atoms with van der Waals surface area (Å²) in [6.45, 7) is 6.42. The summed E-state index contributed by atoms with van der Waals surface area (Å²) in [6.07, 6.45) is 0. The Balaban J connectivity index is 1.49. The number of carbonyl (C=O) groups excluding carboxylic acids is 2. The first-order chi connectivity index (χ1) is 17.9. The van der Waals surface area contributed by atoms with Crippen LogP contribution < -0.4 is 4.74 Å². The van der Waals surface area contributed by atoms with Crippen molar-refractivity contribution in [2.75, 3.05) is 33.3 Å². The van der Waals surface area contributed by atoms with Crippen LogP contribution in [0.1, 0.15) is 28.5 Å². The molecule has 1 saturated heterocycles. The first-order valence-corrected chi connectivity index (χ1v) is 13.2. The third-order valence-corrected chi connectivity index (χ3v) is 7.79. The number of piperazine rings is 1. The number of aromatic nitrogens is 2. The maximum Gasteiger partial charge on any atom is 0.255 e. The molecule has 0 unspecified atom stereocenters. The highest BCUT2D eigenvalue weighted by Gasteiger charge is 2.27. The monoisotopic (exact) mass is 514 g/mol. The Bertz CT molecular complexity index is 1400. The van der Waals surface area contributed by atoms with Gasteiger partial charge in [0.25, 0.3) is 5.91 Å². The molecule has 7 nitrogen and oxygen atoms in total. The first-order valence-electron chi connectivity index (χ1n) is 12.3. The number of nitrogens with zero attached hydrogens (tertiary/aromatic N) is 4. The van der Waals surface area contributed by atoms with E-state index in [-0.39, 0.29) is 11.8 Å². The minimum atomic E-state index is -0.000582. The molecule has 8 heteroatoms. The van der Waals surface area contributed by atoms with Gasteiger partial charge in [0.15, 0.2) is 0 Å². The van der Waals surface area contributed by atoms with Crippen molar-refractivity contribution in [2.24, 2.45) is 0 Å². The fourth-order valence-corrected chi connectivity index (χ4v) is 5.52. The van der Waals surface area contributed by atoms with Crippen molar-refractivity contribution in [1.29, 1.82) is 0 Å². The van der Waals surface area contributed by atoms with Crippen molar-refractivity contribution in [1.82, 2.24) is 19.4 Å². The molecular formula is C29H30N4O3S. The highest BCUT2D eigenvalue weighted by molar-refractivity contribution is 7.13. The molecule has 0 atom stereocenters. The predicted molar refractivity (Wildman–Crippen MR) is 146 cm³/mol. The summed E-state index contributed by atoms with van der Waals surface area (Å²) >= 11 is 1.58. The Kier molecular flexibility index (Phi) is 7.10. The van der Waals surface area contributed by atoms with Gasteiger partial charge in [0.1, 0.15) is 10.8 Å². The van der Waals surface area contributed by atoms with Gasteiger partial charge in [-0.05, 0) is 42.8 Å². The number of thiazole rings is 1. The number of rotatable bonds is 6. The van der Waals surface area contributed by atoms with Crippen LogP contribution in [0.2, 0.25) is 0 Å². The van der Waals surface area contributed by atoms with Gasteiger partial charge < -0.3 is 19.1 Å². The largest absolute Gasteiger partial charge is 0.497 e. The molecule has 0 radical (unpaired) electrons. The first kappa shape index (κ1) is 24.8. The summed E-state index contributed by atoms with van der Waals surface area (Å²) in [4.78, 5) is 33.9. The second-order valence-electron chi connectivity index (χ2n) is 9.17. The summed E-state index contributed by atoms with van der Waals surface area (Å²) < 4.78 is 7.46. The van der Waals surface area contributed by atoms with Gasteiger partial charge in [-0.1, -0.05) is 30.3 Å². The highest BCUT2D eigenvalue weighted by atomic mass is 32.1. The van der Waals surface area contributed by atoms with Crippen LogP contribution in [0.25, 0.3) is 22.0 Å². The molecule has 0 spiro atoms. The summed E-state index contributed by atoms with van der Waals surface area (Å²) in [7, 11) is 1.65. The van der Waals surface area contributed by atoms with Gasteiger partial charge in [-0.15, -0.1) is 11.3 Å². The molecule has 1 aliphatic rings. The zero-order valence-electron chi connectivity index (χ0n) is 21.3. The zero-order chi connectivity index (χ0) is 25.9. The van der Waals surface area contributed by atoms with Crippen LogP contribution in [0, 0.1) is 6.92 Å². The lowest BCUT2D eigenvalue weighted by molar-refractivity contribution is -0.130. The van der Waals surface area contributed by atoms with Gasteiger partial charge in [-0.2, -0.15) is 0 Å². The molecule has 1 fully saturated rings. The number of carbonyl (C=O) groups is 2. The Hall–Kier alpha value is -3.91. The molecule has 2 aromatic heterocycles. The molecule has 0 aliphatic carbocycles. The molecule has 190 valence electrons. The van der Waals surface area contributed by atoms with Crippen molar-refractivity contribution in [3.63, 3.8) is 0 Å².